The number of thioether (sulfide) groups is 1. The molecule has 0 aromatic rings. The molecule has 1 aliphatic rings. The van der Waals surface area contributed by atoms with Crippen LogP contribution in [0.15, 0.2) is 0 Å². The maximum Gasteiger partial charge on any atom is 0.305 e. The lowest BCUT2D eigenvalue weighted by Crippen LogP contribution is -2.47. The zero-order valence-electron chi connectivity index (χ0n) is 10.3. The SMILES string of the molecule is CC(=O)NCCC(=O)N1CCSCC1CC(=O)O. The third-order valence-corrected chi connectivity index (χ3v) is 3.76. The largest absolute Gasteiger partial charge is 0.481 e. The van der Waals surface area contributed by atoms with Crippen molar-refractivity contribution in [3.8, 4) is 0 Å². The van der Waals surface area contributed by atoms with Crippen LogP contribution in [0.2, 0.25) is 0 Å². The lowest BCUT2D eigenvalue weighted by molar-refractivity contribution is -0.140. The van der Waals surface area contributed by atoms with Crippen LogP contribution in [0.1, 0.15) is 19.8 Å². The molecule has 1 saturated heterocycles. The first-order valence-electron chi connectivity index (χ1n) is 5.84. The molecular weight excluding hydrogens is 256 g/mol. The smallest absolute Gasteiger partial charge is 0.305 e. The Morgan fingerprint density at radius 2 is 2.17 bits per heavy atom. The number of carboxylic acid groups (broad SMARTS) is 1. The van der Waals surface area contributed by atoms with Crippen molar-refractivity contribution in [3.05, 3.63) is 0 Å². The van der Waals surface area contributed by atoms with Gasteiger partial charge >= 0.3 is 5.97 Å². The normalized spacial score (nSPS) is 19.4. The van der Waals surface area contributed by atoms with Crippen LogP contribution in [0.4, 0.5) is 0 Å². The number of carbonyl (C=O) groups is 3. The molecular formula is C11H18N2O4S. The molecule has 0 aromatic carbocycles. The van der Waals surface area contributed by atoms with E-state index in [1.54, 1.807) is 16.7 Å². The Balaban J connectivity index is 2.46. The second kappa shape index (κ2) is 7.25. The van der Waals surface area contributed by atoms with E-state index in [9.17, 15) is 14.4 Å². The highest BCUT2D eigenvalue weighted by atomic mass is 32.2. The van der Waals surface area contributed by atoms with Gasteiger partial charge in [0.05, 0.1) is 12.5 Å². The molecule has 7 heteroatoms. The van der Waals surface area contributed by atoms with Crippen molar-refractivity contribution in [2.75, 3.05) is 24.6 Å². The first-order chi connectivity index (χ1) is 8.50. The summed E-state index contributed by atoms with van der Waals surface area (Å²) >= 11 is 1.67. The van der Waals surface area contributed by atoms with Crippen LogP contribution in [0.5, 0.6) is 0 Å². The van der Waals surface area contributed by atoms with E-state index < -0.39 is 5.97 Å². The highest BCUT2D eigenvalue weighted by Gasteiger charge is 2.28. The van der Waals surface area contributed by atoms with E-state index in [0.29, 0.717) is 18.8 Å². The fourth-order valence-electron chi connectivity index (χ4n) is 1.84. The van der Waals surface area contributed by atoms with E-state index in [2.05, 4.69) is 5.32 Å². The van der Waals surface area contributed by atoms with Crippen molar-refractivity contribution in [2.24, 2.45) is 0 Å². The number of carbonyl (C=O) groups excluding carboxylic acids is 2. The molecule has 0 aliphatic carbocycles. The molecule has 0 aromatic heterocycles. The number of hydrogen-bond acceptors (Lipinski definition) is 4. The van der Waals surface area contributed by atoms with Gasteiger partial charge in [-0.15, -0.1) is 0 Å². The Kier molecular flexibility index (Phi) is 5.97. The summed E-state index contributed by atoms with van der Waals surface area (Å²) in [4.78, 5) is 35.0. The van der Waals surface area contributed by atoms with Gasteiger partial charge in [-0.1, -0.05) is 0 Å². The quantitative estimate of drug-likeness (QED) is 0.733. The maximum absolute atomic E-state index is 11.9. The molecule has 0 radical (unpaired) electrons. The van der Waals surface area contributed by atoms with E-state index in [4.69, 9.17) is 5.11 Å². The van der Waals surface area contributed by atoms with Crippen LogP contribution in [0.3, 0.4) is 0 Å². The van der Waals surface area contributed by atoms with Gasteiger partial charge in [-0.05, 0) is 0 Å². The molecule has 1 aliphatic heterocycles. The van der Waals surface area contributed by atoms with Crippen LogP contribution in [-0.4, -0.2) is 58.4 Å². The molecule has 1 rings (SSSR count). The number of nitrogens with one attached hydrogen (secondary N) is 1. The number of hydrogen-bond donors (Lipinski definition) is 2. The van der Waals surface area contributed by atoms with Gasteiger partial charge in [0.1, 0.15) is 0 Å². The predicted octanol–water partition coefficient (Wildman–Crippen LogP) is -0.0687. The molecule has 102 valence electrons. The molecule has 1 atom stereocenters. The molecule has 1 fully saturated rings. The zero-order chi connectivity index (χ0) is 13.5. The Morgan fingerprint density at radius 3 is 2.78 bits per heavy atom. The van der Waals surface area contributed by atoms with Crippen molar-refractivity contribution >= 4 is 29.5 Å². The summed E-state index contributed by atoms with van der Waals surface area (Å²) in [5.41, 5.74) is 0. The number of rotatable bonds is 5. The Labute approximate surface area is 110 Å². The minimum atomic E-state index is -0.887. The van der Waals surface area contributed by atoms with Gasteiger partial charge in [-0.25, -0.2) is 0 Å². The molecule has 2 N–H and O–H groups in total. The van der Waals surface area contributed by atoms with Crippen molar-refractivity contribution in [2.45, 2.75) is 25.8 Å². The average molecular weight is 274 g/mol. The topological polar surface area (TPSA) is 86.7 Å². The second-order valence-corrected chi connectivity index (χ2v) is 5.30. The lowest BCUT2D eigenvalue weighted by atomic mass is 10.2. The minimum Gasteiger partial charge on any atom is -0.481 e. The van der Waals surface area contributed by atoms with E-state index in [0.717, 1.165) is 5.75 Å². The molecule has 0 saturated carbocycles. The summed E-state index contributed by atoms with van der Waals surface area (Å²) in [5, 5.41) is 11.4. The van der Waals surface area contributed by atoms with Gasteiger partial charge < -0.3 is 15.3 Å². The number of amides is 2. The molecule has 0 spiro atoms. The number of aliphatic carboxylic acids is 1. The van der Waals surface area contributed by atoms with Crippen molar-refractivity contribution < 1.29 is 19.5 Å². The minimum absolute atomic E-state index is 0.0150. The summed E-state index contributed by atoms with van der Waals surface area (Å²) < 4.78 is 0. The summed E-state index contributed by atoms with van der Waals surface area (Å²) in [6.45, 7) is 2.29. The van der Waals surface area contributed by atoms with Gasteiger partial charge in [-0.2, -0.15) is 11.8 Å². The third kappa shape index (κ3) is 4.95. The predicted molar refractivity (Wildman–Crippen MR) is 68.4 cm³/mol. The summed E-state index contributed by atoms with van der Waals surface area (Å²) in [6, 6.07) is -0.230. The summed E-state index contributed by atoms with van der Waals surface area (Å²) in [6.07, 6.45) is 0.208. The lowest BCUT2D eigenvalue weighted by Gasteiger charge is -2.34. The van der Waals surface area contributed by atoms with E-state index >= 15 is 0 Å². The van der Waals surface area contributed by atoms with Crippen molar-refractivity contribution in [3.63, 3.8) is 0 Å². The van der Waals surface area contributed by atoms with Crippen molar-refractivity contribution in [1.82, 2.24) is 10.2 Å². The highest BCUT2D eigenvalue weighted by molar-refractivity contribution is 7.99. The fourth-order valence-corrected chi connectivity index (χ4v) is 2.91. The Morgan fingerprint density at radius 1 is 1.44 bits per heavy atom. The molecule has 1 unspecified atom stereocenters. The Bertz CT molecular complexity index is 335. The monoisotopic (exact) mass is 274 g/mol. The van der Waals surface area contributed by atoms with E-state index in [1.165, 1.54) is 6.92 Å². The first-order valence-corrected chi connectivity index (χ1v) is 6.99. The summed E-state index contributed by atoms with van der Waals surface area (Å²) in [5.74, 6) is 0.358. The Hall–Kier alpha value is -1.24. The second-order valence-electron chi connectivity index (χ2n) is 4.15. The number of carboxylic acids is 1. The van der Waals surface area contributed by atoms with Crippen LogP contribution in [0.25, 0.3) is 0 Å². The number of nitrogens with zero attached hydrogens (tertiary/aromatic N) is 1. The van der Waals surface area contributed by atoms with Crippen LogP contribution >= 0.6 is 11.8 Å². The molecule has 2 amide bonds. The summed E-state index contributed by atoms with van der Waals surface area (Å²) in [7, 11) is 0. The van der Waals surface area contributed by atoms with Crippen LogP contribution < -0.4 is 5.32 Å². The van der Waals surface area contributed by atoms with Crippen LogP contribution in [0, 0.1) is 0 Å². The molecule has 1 heterocycles. The third-order valence-electron chi connectivity index (χ3n) is 2.67. The maximum atomic E-state index is 11.9. The van der Waals surface area contributed by atoms with Gasteiger partial charge in [0.2, 0.25) is 11.8 Å². The van der Waals surface area contributed by atoms with Gasteiger partial charge in [-0.3, -0.25) is 14.4 Å². The molecule has 18 heavy (non-hydrogen) atoms. The van der Waals surface area contributed by atoms with Crippen LogP contribution in [-0.2, 0) is 14.4 Å². The fraction of sp³-hybridized carbons (Fsp3) is 0.727. The van der Waals surface area contributed by atoms with E-state index in [-0.39, 0.29) is 30.7 Å². The standard InChI is InChI=1S/C11H18N2O4S/c1-8(14)12-3-2-10(15)13-4-5-18-7-9(13)6-11(16)17/h9H,2-7H2,1H3,(H,12,14)(H,16,17). The first kappa shape index (κ1) is 14.8. The molecule has 6 nitrogen and oxygen atoms in total. The van der Waals surface area contributed by atoms with Gasteiger partial charge in [0.25, 0.3) is 0 Å². The molecule has 0 bridgehead atoms. The van der Waals surface area contributed by atoms with Crippen molar-refractivity contribution in [1.29, 1.82) is 0 Å². The van der Waals surface area contributed by atoms with Gasteiger partial charge in [0.15, 0.2) is 0 Å². The highest BCUT2D eigenvalue weighted by Crippen LogP contribution is 2.19. The zero-order valence-corrected chi connectivity index (χ0v) is 11.2. The van der Waals surface area contributed by atoms with Gasteiger partial charge in [0, 0.05) is 37.9 Å². The average Bonchev–Trinajstić information content (AvgIpc) is 2.28. The van der Waals surface area contributed by atoms with E-state index in [1.807, 2.05) is 0 Å².